The van der Waals surface area contributed by atoms with Crippen LogP contribution >= 0.6 is 27.3 Å². The van der Waals surface area contributed by atoms with Gasteiger partial charge in [0.2, 0.25) is 0 Å². The number of amides is 2. The van der Waals surface area contributed by atoms with Crippen LogP contribution in [0.5, 0.6) is 0 Å². The fourth-order valence-corrected chi connectivity index (χ4v) is 3.03. The van der Waals surface area contributed by atoms with Gasteiger partial charge < -0.3 is 15.7 Å². The van der Waals surface area contributed by atoms with E-state index in [4.69, 9.17) is 5.11 Å². The van der Waals surface area contributed by atoms with Gasteiger partial charge in [-0.15, -0.1) is 11.3 Å². The van der Waals surface area contributed by atoms with Gasteiger partial charge in [0.05, 0.1) is 13.0 Å². The number of carbonyl (C=O) groups excluding carboxylic acids is 1. The number of halogens is 1. The first-order chi connectivity index (χ1) is 9.01. The molecule has 19 heavy (non-hydrogen) atoms. The van der Waals surface area contributed by atoms with Crippen LogP contribution in [0.25, 0.3) is 0 Å². The molecule has 0 bridgehead atoms. The maximum atomic E-state index is 11.7. The minimum atomic E-state index is -0.902. The van der Waals surface area contributed by atoms with Crippen molar-refractivity contribution in [2.45, 2.75) is 38.8 Å². The maximum Gasteiger partial charge on any atom is 0.315 e. The Balaban J connectivity index is 2.37. The van der Waals surface area contributed by atoms with Crippen molar-refractivity contribution in [3.05, 3.63) is 20.8 Å². The zero-order chi connectivity index (χ0) is 14.3. The van der Waals surface area contributed by atoms with Crippen molar-refractivity contribution in [3.63, 3.8) is 0 Å². The van der Waals surface area contributed by atoms with E-state index in [-0.39, 0.29) is 18.5 Å². The summed E-state index contributed by atoms with van der Waals surface area (Å²) >= 11 is 4.89. The summed E-state index contributed by atoms with van der Waals surface area (Å²) in [6, 6.07) is 1.29. The number of thiophene rings is 1. The normalized spacial score (nSPS) is 11.9. The monoisotopic (exact) mass is 348 g/mol. The lowest BCUT2D eigenvalue weighted by atomic mass is 10.1. The molecular weight excluding hydrogens is 332 g/mol. The number of carbonyl (C=O) groups is 2. The first-order valence-electron chi connectivity index (χ1n) is 6.00. The smallest absolute Gasteiger partial charge is 0.315 e. The summed E-state index contributed by atoms with van der Waals surface area (Å²) in [5.41, 5.74) is 0. The molecule has 1 rings (SSSR count). The van der Waals surface area contributed by atoms with Crippen molar-refractivity contribution in [1.82, 2.24) is 10.6 Å². The van der Waals surface area contributed by atoms with Gasteiger partial charge in [-0.05, 0) is 28.4 Å². The molecular formula is C12H17BrN2O3S. The van der Waals surface area contributed by atoms with Crippen molar-refractivity contribution < 1.29 is 14.7 Å². The number of urea groups is 1. The molecule has 0 aliphatic heterocycles. The quantitative estimate of drug-likeness (QED) is 0.708. The Morgan fingerprint density at radius 3 is 2.79 bits per heavy atom. The van der Waals surface area contributed by atoms with Gasteiger partial charge in [0, 0.05) is 20.8 Å². The van der Waals surface area contributed by atoms with Crippen molar-refractivity contribution >= 4 is 39.3 Å². The Kier molecular flexibility index (Phi) is 6.86. The number of carboxylic acids is 1. The fraction of sp³-hybridized carbons (Fsp3) is 0.500. The molecule has 1 heterocycles. The second kappa shape index (κ2) is 8.16. The number of carboxylic acid groups (broad SMARTS) is 1. The number of aliphatic carboxylic acids is 1. The van der Waals surface area contributed by atoms with Crippen molar-refractivity contribution in [1.29, 1.82) is 0 Å². The Morgan fingerprint density at radius 1 is 1.53 bits per heavy atom. The van der Waals surface area contributed by atoms with Crippen LogP contribution < -0.4 is 10.6 Å². The average molecular weight is 349 g/mol. The van der Waals surface area contributed by atoms with E-state index in [1.165, 1.54) is 0 Å². The Bertz CT molecular complexity index is 436. The number of nitrogens with one attached hydrogen (secondary N) is 2. The predicted octanol–water partition coefficient (Wildman–Crippen LogP) is 2.95. The van der Waals surface area contributed by atoms with Crippen LogP contribution in [-0.4, -0.2) is 23.1 Å². The van der Waals surface area contributed by atoms with Crippen molar-refractivity contribution in [2.24, 2.45) is 0 Å². The third-order valence-corrected chi connectivity index (χ3v) is 4.14. The van der Waals surface area contributed by atoms with Crippen LogP contribution in [0.2, 0.25) is 0 Å². The molecule has 0 radical (unpaired) electrons. The Morgan fingerprint density at radius 2 is 2.26 bits per heavy atom. The summed E-state index contributed by atoms with van der Waals surface area (Å²) in [5, 5.41) is 16.1. The molecule has 0 aromatic carbocycles. The summed E-state index contributed by atoms with van der Waals surface area (Å²) < 4.78 is 0.990. The van der Waals surface area contributed by atoms with Crippen LogP contribution in [0.1, 0.15) is 31.1 Å². The highest BCUT2D eigenvalue weighted by Crippen LogP contribution is 2.19. The highest BCUT2D eigenvalue weighted by atomic mass is 79.9. The van der Waals surface area contributed by atoms with Gasteiger partial charge in [0.1, 0.15) is 0 Å². The molecule has 0 aliphatic carbocycles. The molecule has 0 aliphatic rings. The molecule has 0 fully saturated rings. The lowest BCUT2D eigenvalue weighted by Gasteiger charge is -2.16. The van der Waals surface area contributed by atoms with Gasteiger partial charge in [0.15, 0.2) is 0 Å². The van der Waals surface area contributed by atoms with Crippen molar-refractivity contribution in [2.75, 3.05) is 0 Å². The SMILES string of the molecule is CCCC(CC(=O)O)NC(=O)NCc1cc(Br)cs1. The van der Waals surface area contributed by atoms with Crippen LogP contribution in [0.3, 0.4) is 0 Å². The van der Waals surface area contributed by atoms with Crippen LogP contribution in [0.15, 0.2) is 15.9 Å². The molecule has 1 atom stereocenters. The summed E-state index contributed by atoms with van der Waals surface area (Å²) in [7, 11) is 0. The van der Waals surface area contributed by atoms with E-state index in [1.54, 1.807) is 11.3 Å². The highest BCUT2D eigenvalue weighted by molar-refractivity contribution is 9.10. The fourth-order valence-electron chi connectivity index (χ4n) is 1.63. The zero-order valence-corrected chi connectivity index (χ0v) is 13.0. The molecule has 7 heteroatoms. The van der Waals surface area contributed by atoms with Gasteiger partial charge in [-0.25, -0.2) is 4.79 Å². The topological polar surface area (TPSA) is 78.4 Å². The van der Waals surface area contributed by atoms with Gasteiger partial charge in [-0.2, -0.15) is 0 Å². The van der Waals surface area contributed by atoms with E-state index in [0.717, 1.165) is 15.8 Å². The largest absolute Gasteiger partial charge is 0.481 e. The van der Waals surface area contributed by atoms with Crippen LogP contribution in [-0.2, 0) is 11.3 Å². The van der Waals surface area contributed by atoms with E-state index in [2.05, 4.69) is 26.6 Å². The minimum Gasteiger partial charge on any atom is -0.481 e. The highest BCUT2D eigenvalue weighted by Gasteiger charge is 2.14. The lowest BCUT2D eigenvalue weighted by Crippen LogP contribution is -2.42. The average Bonchev–Trinajstić information content (AvgIpc) is 2.72. The molecule has 1 unspecified atom stereocenters. The van der Waals surface area contributed by atoms with Gasteiger partial charge >= 0.3 is 12.0 Å². The van der Waals surface area contributed by atoms with Gasteiger partial charge in [0.25, 0.3) is 0 Å². The Labute approximate surface area is 124 Å². The predicted molar refractivity (Wildman–Crippen MR) is 78.3 cm³/mol. The van der Waals surface area contributed by atoms with E-state index < -0.39 is 5.97 Å². The Hall–Kier alpha value is -1.08. The zero-order valence-electron chi connectivity index (χ0n) is 10.6. The van der Waals surface area contributed by atoms with Crippen LogP contribution in [0.4, 0.5) is 4.79 Å². The molecule has 0 saturated carbocycles. The number of rotatable bonds is 7. The first kappa shape index (κ1) is 16.0. The molecule has 0 saturated heterocycles. The summed E-state index contributed by atoms with van der Waals surface area (Å²) in [6.45, 7) is 2.39. The molecule has 0 spiro atoms. The van der Waals surface area contributed by atoms with Gasteiger partial charge in [-0.3, -0.25) is 4.79 Å². The third-order valence-electron chi connectivity index (χ3n) is 2.44. The molecule has 1 aromatic heterocycles. The number of hydrogen-bond donors (Lipinski definition) is 3. The number of hydrogen-bond acceptors (Lipinski definition) is 3. The molecule has 106 valence electrons. The van der Waals surface area contributed by atoms with Crippen molar-refractivity contribution in [3.8, 4) is 0 Å². The lowest BCUT2D eigenvalue weighted by molar-refractivity contribution is -0.137. The van der Waals surface area contributed by atoms with Gasteiger partial charge in [-0.1, -0.05) is 13.3 Å². The van der Waals surface area contributed by atoms with E-state index in [9.17, 15) is 9.59 Å². The second-order valence-electron chi connectivity index (χ2n) is 4.14. The van der Waals surface area contributed by atoms with E-state index in [1.807, 2.05) is 18.4 Å². The molecule has 5 nitrogen and oxygen atoms in total. The standard InChI is InChI=1S/C12H17BrN2O3S/c1-2-3-9(5-11(16)17)15-12(18)14-6-10-4-8(13)7-19-10/h4,7,9H,2-3,5-6H2,1H3,(H,16,17)(H2,14,15,18). The second-order valence-corrected chi connectivity index (χ2v) is 6.05. The summed E-state index contributed by atoms with van der Waals surface area (Å²) in [5.74, 6) is -0.902. The third kappa shape index (κ3) is 6.58. The summed E-state index contributed by atoms with van der Waals surface area (Å²) in [4.78, 5) is 23.4. The first-order valence-corrected chi connectivity index (χ1v) is 7.67. The minimum absolute atomic E-state index is 0.0498. The van der Waals surface area contributed by atoms with E-state index >= 15 is 0 Å². The maximum absolute atomic E-state index is 11.7. The van der Waals surface area contributed by atoms with E-state index in [0.29, 0.717) is 13.0 Å². The van der Waals surface area contributed by atoms with Crippen LogP contribution in [0, 0.1) is 0 Å². The molecule has 3 N–H and O–H groups in total. The summed E-state index contributed by atoms with van der Waals surface area (Å²) in [6.07, 6.45) is 1.44. The molecule has 1 aromatic rings. The molecule has 2 amide bonds.